The molecular formula is C20H27N3O2S2. The zero-order valence-corrected chi connectivity index (χ0v) is 17.7. The predicted octanol–water partition coefficient (Wildman–Crippen LogP) is 3.89. The van der Waals surface area contributed by atoms with Gasteiger partial charge in [0, 0.05) is 17.5 Å². The maximum atomic E-state index is 12.8. The molecule has 0 bridgehead atoms. The van der Waals surface area contributed by atoms with Crippen LogP contribution in [0.3, 0.4) is 0 Å². The Balaban J connectivity index is 1.47. The molecule has 1 fully saturated rings. The number of aromatic amines is 1. The number of rotatable bonds is 4. The first-order valence-electron chi connectivity index (χ1n) is 10.00. The third-order valence-electron chi connectivity index (χ3n) is 5.78. The summed E-state index contributed by atoms with van der Waals surface area (Å²) in [4.78, 5) is 37.3. The van der Waals surface area contributed by atoms with Crippen molar-refractivity contribution in [2.45, 2.75) is 75.8 Å². The molecule has 1 saturated heterocycles. The van der Waals surface area contributed by atoms with E-state index < -0.39 is 0 Å². The second-order valence-electron chi connectivity index (χ2n) is 7.73. The monoisotopic (exact) mass is 405 g/mol. The number of thioether (sulfide) groups is 1. The van der Waals surface area contributed by atoms with Gasteiger partial charge in [-0.15, -0.1) is 23.1 Å². The summed E-state index contributed by atoms with van der Waals surface area (Å²) in [6.07, 6.45) is 7.83. The second-order valence-corrected chi connectivity index (χ2v) is 10.1. The molecule has 2 aliphatic rings. The molecule has 1 aliphatic heterocycles. The molecule has 0 saturated carbocycles. The first kappa shape index (κ1) is 19.0. The molecule has 7 heteroatoms. The highest BCUT2D eigenvalue weighted by atomic mass is 32.2. The molecule has 0 spiro atoms. The van der Waals surface area contributed by atoms with Gasteiger partial charge in [-0.1, -0.05) is 0 Å². The average Bonchev–Trinajstić information content (AvgIpc) is 3.04. The van der Waals surface area contributed by atoms with Crippen LogP contribution in [0.25, 0.3) is 10.2 Å². The van der Waals surface area contributed by atoms with Gasteiger partial charge >= 0.3 is 0 Å². The lowest BCUT2D eigenvalue weighted by Crippen LogP contribution is -2.45. The summed E-state index contributed by atoms with van der Waals surface area (Å²) >= 11 is 3.24. The predicted molar refractivity (Wildman–Crippen MR) is 113 cm³/mol. The van der Waals surface area contributed by atoms with Gasteiger partial charge in [0.2, 0.25) is 5.91 Å². The summed E-state index contributed by atoms with van der Waals surface area (Å²) in [7, 11) is 0. The van der Waals surface area contributed by atoms with E-state index in [1.165, 1.54) is 23.3 Å². The van der Waals surface area contributed by atoms with Gasteiger partial charge in [0.05, 0.1) is 16.4 Å². The normalized spacial score (nSPS) is 21.3. The SMILES string of the molecule is C[C@H](SCc1nc2sc3c(c2c(=O)[nH]1)CCCC3)C(=O)N1CCCC[C@@H]1C. The number of thiophene rings is 1. The van der Waals surface area contributed by atoms with Crippen LogP contribution in [-0.2, 0) is 23.4 Å². The highest BCUT2D eigenvalue weighted by Crippen LogP contribution is 2.33. The molecule has 4 rings (SSSR count). The van der Waals surface area contributed by atoms with Gasteiger partial charge in [-0.2, -0.15) is 0 Å². The first-order chi connectivity index (χ1) is 13.0. The van der Waals surface area contributed by atoms with Gasteiger partial charge in [-0.25, -0.2) is 4.98 Å². The molecule has 2 aromatic rings. The van der Waals surface area contributed by atoms with Crippen molar-refractivity contribution >= 4 is 39.2 Å². The summed E-state index contributed by atoms with van der Waals surface area (Å²) in [5.41, 5.74) is 1.20. The molecular weight excluding hydrogens is 378 g/mol. The highest BCUT2D eigenvalue weighted by molar-refractivity contribution is 7.99. The van der Waals surface area contributed by atoms with Gasteiger partial charge in [-0.05, 0) is 64.4 Å². The van der Waals surface area contributed by atoms with Crippen molar-refractivity contribution in [1.82, 2.24) is 14.9 Å². The van der Waals surface area contributed by atoms with Crippen LogP contribution in [0.15, 0.2) is 4.79 Å². The van der Waals surface area contributed by atoms with E-state index in [1.54, 1.807) is 23.1 Å². The number of hydrogen-bond acceptors (Lipinski definition) is 5. The molecule has 0 unspecified atom stereocenters. The van der Waals surface area contributed by atoms with Crippen LogP contribution in [0.4, 0.5) is 0 Å². The minimum atomic E-state index is -0.122. The number of carbonyl (C=O) groups is 1. The number of hydrogen-bond donors (Lipinski definition) is 1. The van der Waals surface area contributed by atoms with E-state index >= 15 is 0 Å². The maximum absolute atomic E-state index is 12.8. The van der Waals surface area contributed by atoms with Crippen molar-refractivity contribution in [2.24, 2.45) is 0 Å². The molecule has 146 valence electrons. The van der Waals surface area contributed by atoms with Crippen LogP contribution in [-0.4, -0.2) is 38.6 Å². The number of likely N-dealkylation sites (tertiary alicyclic amines) is 1. The topological polar surface area (TPSA) is 66.1 Å². The zero-order chi connectivity index (χ0) is 19.0. The largest absolute Gasteiger partial charge is 0.339 e. The van der Waals surface area contributed by atoms with E-state index in [9.17, 15) is 9.59 Å². The quantitative estimate of drug-likeness (QED) is 0.838. The fourth-order valence-electron chi connectivity index (χ4n) is 4.21. The fraction of sp³-hybridized carbons (Fsp3) is 0.650. The number of carbonyl (C=O) groups excluding carboxylic acids is 1. The third-order valence-corrected chi connectivity index (χ3v) is 8.11. The number of nitrogens with zero attached hydrogens (tertiary/aromatic N) is 2. The zero-order valence-electron chi connectivity index (χ0n) is 16.0. The Morgan fingerprint density at radius 2 is 2.15 bits per heavy atom. The molecule has 2 atom stereocenters. The smallest absolute Gasteiger partial charge is 0.259 e. The van der Waals surface area contributed by atoms with Crippen LogP contribution in [0.5, 0.6) is 0 Å². The maximum Gasteiger partial charge on any atom is 0.259 e. The number of fused-ring (bicyclic) bond motifs is 3. The van der Waals surface area contributed by atoms with Crippen molar-refractivity contribution < 1.29 is 4.79 Å². The van der Waals surface area contributed by atoms with Gasteiger partial charge in [0.15, 0.2) is 0 Å². The Labute approximate surface area is 167 Å². The van der Waals surface area contributed by atoms with E-state index in [0.717, 1.165) is 48.9 Å². The summed E-state index contributed by atoms with van der Waals surface area (Å²) in [5.74, 6) is 1.45. The Bertz CT molecular complexity index is 904. The van der Waals surface area contributed by atoms with Gasteiger partial charge in [0.25, 0.3) is 5.56 Å². The van der Waals surface area contributed by atoms with E-state index in [0.29, 0.717) is 17.6 Å². The lowest BCUT2D eigenvalue weighted by molar-refractivity contribution is -0.133. The van der Waals surface area contributed by atoms with Crippen molar-refractivity contribution in [3.05, 3.63) is 26.6 Å². The van der Waals surface area contributed by atoms with E-state index in [-0.39, 0.29) is 16.7 Å². The molecule has 27 heavy (non-hydrogen) atoms. The van der Waals surface area contributed by atoms with Gasteiger partial charge in [-0.3, -0.25) is 9.59 Å². The fourth-order valence-corrected chi connectivity index (χ4v) is 6.31. The van der Waals surface area contributed by atoms with Gasteiger partial charge in [0.1, 0.15) is 10.7 Å². The Morgan fingerprint density at radius 1 is 1.33 bits per heavy atom. The minimum absolute atomic E-state index is 0.0152. The Morgan fingerprint density at radius 3 is 2.96 bits per heavy atom. The minimum Gasteiger partial charge on any atom is -0.339 e. The van der Waals surface area contributed by atoms with Crippen molar-refractivity contribution in [2.75, 3.05) is 6.54 Å². The number of H-pyrrole nitrogens is 1. The van der Waals surface area contributed by atoms with Crippen molar-refractivity contribution in [3.63, 3.8) is 0 Å². The molecule has 0 radical (unpaired) electrons. The third kappa shape index (κ3) is 3.81. The van der Waals surface area contributed by atoms with Crippen LogP contribution in [0.2, 0.25) is 0 Å². The molecule has 1 aliphatic carbocycles. The average molecular weight is 406 g/mol. The number of nitrogens with one attached hydrogen (secondary N) is 1. The molecule has 1 amide bonds. The number of aryl methyl sites for hydroxylation is 2. The number of piperidine rings is 1. The van der Waals surface area contributed by atoms with Crippen LogP contribution < -0.4 is 5.56 Å². The first-order valence-corrected chi connectivity index (χ1v) is 11.9. The summed E-state index contributed by atoms with van der Waals surface area (Å²) < 4.78 is 0. The Hall–Kier alpha value is -1.34. The van der Waals surface area contributed by atoms with Crippen molar-refractivity contribution in [3.8, 4) is 0 Å². The van der Waals surface area contributed by atoms with Crippen LogP contribution >= 0.6 is 23.1 Å². The summed E-state index contributed by atoms with van der Waals surface area (Å²) in [5, 5.41) is 0.679. The highest BCUT2D eigenvalue weighted by Gasteiger charge is 2.27. The number of amides is 1. The van der Waals surface area contributed by atoms with E-state index in [2.05, 4.69) is 11.9 Å². The molecule has 5 nitrogen and oxygen atoms in total. The molecule has 2 aromatic heterocycles. The summed E-state index contributed by atoms with van der Waals surface area (Å²) in [6.45, 7) is 4.97. The van der Waals surface area contributed by atoms with E-state index in [1.807, 2.05) is 11.8 Å². The second kappa shape index (κ2) is 7.95. The Kier molecular flexibility index (Phi) is 5.60. The van der Waals surface area contributed by atoms with Crippen LogP contribution in [0.1, 0.15) is 62.2 Å². The van der Waals surface area contributed by atoms with E-state index in [4.69, 9.17) is 4.98 Å². The summed E-state index contributed by atoms with van der Waals surface area (Å²) in [6, 6.07) is 0.334. The lowest BCUT2D eigenvalue weighted by Gasteiger charge is -2.35. The standard InChI is InChI=1S/C20H27N3O2S2/c1-12-7-5-6-10-23(12)20(25)13(2)26-11-16-21-18(24)17-14-8-3-4-9-15(14)27-19(17)22-16/h12-13H,3-11H2,1-2H3,(H,21,22,24)/t12-,13-/m0/s1. The van der Waals surface area contributed by atoms with Crippen molar-refractivity contribution in [1.29, 1.82) is 0 Å². The molecule has 1 N–H and O–H groups in total. The molecule has 0 aromatic carbocycles. The number of aromatic nitrogens is 2. The lowest BCUT2D eigenvalue weighted by atomic mass is 9.97. The molecule has 3 heterocycles. The van der Waals surface area contributed by atoms with Crippen LogP contribution in [0, 0.1) is 0 Å². The van der Waals surface area contributed by atoms with Gasteiger partial charge < -0.3 is 9.88 Å².